The van der Waals surface area contributed by atoms with Crippen molar-refractivity contribution in [1.29, 1.82) is 0 Å². The third kappa shape index (κ3) is 3.25. The fourth-order valence-electron chi connectivity index (χ4n) is 3.21. The van der Waals surface area contributed by atoms with E-state index in [9.17, 15) is 4.79 Å². The SMILES string of the molecule is CSNc1cc(-c2ccc3nccc(C4=CCOCC4)c3c2)c[nH]c1=O. The summed E-state index contributed by atoms with van der Waals surface area (Å²) in [4.78, 5) is 19.2. The first-order valence-corrected chi connectivity index (χ1v) is 9.67. The van der Waals surface area contributed by atoms with E-state index < -0.39 is 0 Å². The Morgan fingerprint density at radius 1 is 1.23 bits per heavy atom. The van der Waals surface area contributed by atoms with Crippen LogP contribution in [0.25, 0.3) is 27.6 Å². The third-order valence-corrected chi connectivity index (χ3v) is 4.92. The van der Waals surface area contributed by atoms with Gasteiger partial charge in [0.25, 0.3) is 5.56 Å². The summed E-state index contributed by atoms with van der Waals surface area (Å²) >= 11 is 1.40. The molecular formula is C20H19N3O2S. The molecule has 0 saturated heterocycles. The minimum absolute atomic E-state index is 0.126. The molecule has 0 radical (unpaired) electrons. The predicted molar refractivity (Wildman–Crippen MR) is 108 cm³/mol. The van der Waals surface area contributed by atoms with Crippen molar-refractivity contribution in [3.05, 3.63) is 64.7 Å². The summed E-state index contributed by atoms with van der Waals surface area (Å²) in [6.07, 6.45) is 8.55. The minimum Gasteiger partial charge on any atom is -0.377 e. The van der Waals surface area contributed by atoms with Crippen LogP contribution in [0.4, 0.5) is 5.69 Å². The quantitative estimate of drug-likeness (QED) is 0.682. The molecule has 0 amide bonds. The van der Waals surface area contributed by atoms with Gasteiger partial charge < -0.3 is 14.4 Å². The lowest BCUT2D eigenvalue weighted by Crippen LogP contribution is -2.09. The van der Waals surface area contributed by atoms with E-state index in [1.165, 1.54) is 23.1 Å². The van der Waals surface area contributed by atoms with Crippen molar-refractivity contribution in [3.8, 4) is 11.1 Å². The van der Waals surface area contributed by atoms with E-state index in [0.29, 0.717) is 12.3 Å². The van der Waals surface area contributed by atoms with E-state index in [0.717, 1.165) is 35.1 Å². The highest BCUT2D eigenvalue weighted by Crippen LogP contribution is 2.31. The smallest absolute Gasteiger partial charge is 0.272 e. The van der Waals surface area contributed by atoms with Crippen LogP contribution in [0.5, 0.6) is 0 Å². The topological polar surface area (TPSA) is 67.0 Å². The lowest BCUT2D eigenvalue weighted by atomic mass is 9.95. The summed E-state index contributed by atoms with van der Waals surface area (Å²) in [6, 6.07) is 10.1. The van der Waals surface area contributed by atoms with Gasteiger partial charge in [-0.15, -0.1) is 0 Å². The van der Waals surface area contributed by atoms with Gasteiger partial charge in [0.2, 0.25) is 0 Å². The van der Waals surface area contributed by atoms with Gasteiger partial charge in [-0.25, -0.2) is 0 Å². The maximum atomic E-state index is 11.9. The maximum Gasteiger partial charge on any atom is 0.272 e. The van der Waals surface area contributed by atoms with Gasteiger partial charge in [-0.3, -0.25) is 9.78 Å². The Labute approximate surface area is 155 Å². The molecule has 0 aliphatic carbocycles. The number of ether oxygens (including phenoxy) is 1. The lowest BCUT2D eigenvalue weighted by molar-refractivity contribution is 0.161. The predicted octanol–water partition coefficient (Wildman–Crippen LogP) is 4.08. The molecule has 1 aliphatic rings. The number of nitrogens with zero attached hydrogens (tertiary/aromatic N) is 1. The summed E-state index contributed by atoms with van der Waals surface area (Å²) in [5.41, 5.74) is 5.88. The second kappa shape index (κ2) is 7.35. The number of fused-ring (bicyclic) bond motifs is 1. The summed E-state index contributed by atoms with van der Waals surface area (Å²) in [6.45, 7) is 1.40. The van der Waals surface area contributed by atoms with Gasteiger partial charge >= 0.3 is 0 Å². The first kappa shape index (κ1) is 16.9. The zero-order valence-electron chi connectivity index (χ0n) is 14.4. The number of aromatic nitrogens is 2. The molecule has 1 aliphatic heterocycles. The lowest BCUT2D eigenvalue weighted by Gasteiger charge is -2.16. The zero-order valence-corrected chi connectivity index (χ0v) is 15.2. The van der Waals surface area contributed by atoms with E-state index in [4.69, 9.17) is 4.74 Å². The molecule has 0 unspecified atom stereocenters. The Kier molecular flexibility index (Phi) is 4.77. The van der Waals surface area contributed by atoms with Crippen LogP contribution in [0.1, 0.15) is 12.0 Å². The zero-order chi connectivity index (χ0) is 17.9. The Morgan fingerprint density at radius 3 is 2.96 bits per heavy atom. The van der Waals surface area contributed by atoms with Gasteiger partial charge in [-0.05, 0) is 47.4 Å². The highest BCUT2D eigenvalue weighted by Gasteiger charge is 2.12. The second-order valence-electron chi connectivity index (χ2n) is 6.08. The fourth-order valence-corrected chi connectivity index (χ4v) is 3.59. The number of pyridine rings is 2. The van der Waals surface area contributed by atoms with Crippen LogP contribution in [0.15, 0.2) is 53.6 Å². The molecule has 0 bridgehead atoms. The fraction of sp³-hybridized carbons (Fsp3) is 0.200. The minimum atomic E-state index is -0.126. The van der Waals surface area contributed by atoms with Gasteiger partial charge in [-0.1, -0.05) is 24.1 Å². The molecule has 1 aromatic carbocycles. The summed E-state index contributed by atoms with van der Waals surface area (Å²) < 4.78 is 8.46. The molecule has 2 aromatic heterocycles. The molecule has 0 spiro atoms. The Bertz CT molecular complexity index is 1040. The van der Waals surface area contributed by atoms with Gasteiger partial charge in [0.15, 0.2) is 0 Å². The second-order valence-corrected chi connectivity index (χ2v) is 6.69. The maximum absolute atomic E-state index is 11.9. The number of H-pyrrole nitrogens is 1. The molecule has 5 nitrogen and oxygen atoms in total. The highest BCUT2D eigenvalue weighted by atomic mass is 32.2. The largest absolute Gasteiger partial charge is 0.377 e. The number of rotatable bonds is 4. The highest BCUT2D eigenvalue weighted by molar-refractivity contribution is 7.99. The Hall–Kier alpha value is -2.57. The number of anilines is 1. The van der Waals surface area contributed by atoms with Gasteiger partial charge in [0.05, 0.1) is 18.7 Å². The molecule has 3 aromatic rings. The normalized spacial score (nSPS) is 14.3. The molecule has 3 heterocycles. The Morgan fingerprint density at radius 2 is 2.15 bits per heavy atom. The Balaban J connectivity index is 1.84. The number of hydrogen-bond donors (Lipinski definition) is 2. The van der Waals surface area contributed by atoms with Gasteiger partial charge in [-0.2, -0.15) is 0 Å². The van der Waals surface area contributed by atoms with E-state index in [1.807, 2.05) is 30.7 Å². The van der Waals surface area contributed by atoms with Crippen molar-refractivity contribution in [2.24, 2.45) is 0 Å². The van der Waals surface area contributed by atoms with Crippen LogP contribution in [-0.4, -0.2) is 29.4 Å². The molecule has 0 atom stereocenters. The number of benzene rings is 1. The van der Waals surface area contributed by atoms with Crippen LogP contribution in [0.2, 0.25) is 0 Å². The first-order chi connectivity index (χ1) is 12.8. The van der Waals surface area contributed by atoms with Crippen molar-refractivity contribution in [3.63, 3.8) is 0 Å². The van der Waals surface area contributed by atoms with Crippen molar-refractivity contribution in [2.75, 3.05) is 24.2 Å². The third-order valence-electron chi connectivity index (χ3n) is 4.50. The number of hydrogen-bond acceptors (Lipinski definition) is 5. The van der Waals surface area contributed by atoms with Crippen molar-refractivity contribution >= 4 is 34.1 Å². The van der Waals surface area contributed by atoms with Crippen molar-refractivity contribution in [1.82, 2.24) is 9.97 Å². The van der Waals surface area contributed by atoms with Crippen molar-refractivity contribution < 1.29 is 4.74 Å². The molecule has 0 fully saturated rings. The van der Waals surface area contributed by atoms with E-state index in [-0.39, 0.29) is 5.56 Å². The number of aromatic amines is 1. The van der Waals surface area contributed by atoms with Crippen LogP contribution >= 0.6 is 11.9 Å². The van der Waals surface area contributed by atoms with Crippen molar-refractivity contribution in [2.45, 2.75) is 6.42 Å². The monoisotopic (exact) mass is 365 g/mol. The average Bonchev–Trinajstić information content (AvgIpc) is 2.69. The number of nitrogens with one attached hydrogen (secondary N) is 2. The summed E-state index contributed by atoms with van der Waals surface area (Å²) in [5, 5.41) is 1.11. The summed E-state index contributed by atoms with van der Waals surface area (Å²) in [5.74, 6) is 0. The standard InChI is InChI=1S/C20H19N3O2S/c1-26-23-19-11-15(12-22-20(19)24)14-2-3-18-17(10-14)16(4-7-21-18)13-5-8-25-9-6-13/h2-5,7,10-12,23H,6,8-9H2,1H3,(H,22,24). The molecule has 26 heavy (non-hydrogen) atoms. The average molecular weight is 365 g/mol. The van der Waals surface area contributed by atoms with E-state index in [1.54, 1.807) is 6.20 Å². The molecule has 0 saturated carbocycles. The van der Waals surface area contributed by atoms with E-state index in [2.05, 4.69) is 32.9 Å². The molecule has 2 N–H and O–H groups in total. The van der Waals surface area contributed by atoms with Crippen LogP contribution < -0.4 is 10.3 Å². The molecule has 4 rings (SSSR count). The van der Waals surface area contributed by atoms with Crippen LogP contribution in [-0.2, 0) is 4.74 Å². The van der Waals surface area contributed by atoms with Crippen LogP contribution in [0, 0.1) is 0 Å². The molecule has 132 valence electrons. The van der Waals surface area contributed by atoms with Crippen LogP contribution in [0.3, 0.4) is 0 Å². The van der Waals surface area contributed by atoms with Gasteiger partial charge in [0, 0.05) is 29.6 Å². The van der Waals surface area contributed by atoms with E-state index >= 15 is 0 Å². The summed E-state index contributed by atoms with van der Waals surface area (Å²) in [7, 11) is 0. The van der Waals surface area contributed by atoms with Gasteiger partial charge in [0.1, 0.15) is 5.69 Å². The molecule has 6 heteroatoms. The first-order valence-electron chi connectivity index (χ1n) is 8.44. The molecular weight excluding hydrogens is 346 g/mol.